The number of carbonyl (C=O) groups is 1. The third-order valence-electron chi connectivity index (χ3n) is 5.34. The fourth-order valence-electron chi connectivity index (χ4n) is 4.00. The van der Waals surface area contributed by atoms with Crippen molar-refractivity contribution in [2.24, 2.45) is 23.7 Å². The molecular weight excluding hydrogens is 248 g/mol. The van der Waals surface area contributed by atoms with Crippen molar-refractivity contribution in [3.63, 3.8) is 0 Å². The first-order valence-corrected chi connectivity index (χ1v) is 8.35. The Labute approximate surface area is 124 Å². The zero-order valence-electron chi connectivity index (χ0n) is 13.8. The molecule has 20 heavy (non-hydrogen) atoms. The zero-order chi connectivity index (χ0) is 14.7. The lowest BCUT2D eigenvalue weighted by atomic mass is 9.75. The maximum Gasteiger partial charge on any atom is 0.137 e. The van der Waals surface area contributed by atoms with Crippen LogP contribution in [0.3, 0.4) is 0 Å². The summed E-state index contributed by atoms with van der Waals surface area (Å²) in [5.41, 5.74) is 0. The standard InChI is InChI=1S/C17H32N2O/c1-13(2)15-5-6-17(20)16(9-15)12-19(4)11-14-7-8-18(3)10-14/h13-16H,5-12H2,1-4H3. The Hall–Kier alpha value is -0.410. The summed E-state index contributed by atoms with van der Waals surface area (Å²) < 4.78 is 0. The topological polar surface area (TPSA) is 23.6 Å². The van der Waals surface area contributed by atoms with E-state index in [-0.39, 0.29) is 0 Å². The van der Waals surface area contributed by atoms with Gasteiger partial charge in [-0.3, -0.25) is 4.79 Å². The van der Waals surface area contributed by atoms with Crippen LogP contribution in [0.2, 0.25) is 0 Å². The van der Waals surface area contributed by atoms with E-state index in [1.807, 2.05) is 0 Å². The summed E-state index contributed by atoms with van der Waals surface area (Å²) in [6, 6.07) is 0. The molecule has 3 nitrogen and oxygen atoms in total. The summed E-state index contributed by atoms with van der Waals surface area (Å²) in [5.74, 6) is 3.07. The van der Waals surface area contributed by atoms with Crippen molar-refractivity contribution in [3.05, 3.63) is 0 Å². The molecule has 0 aromatic carbocycles. The van der Waals surface area contributed by atoms with Gasteiger partial charge < -0.3 is 9.80 Å². The number of nitrogens with zero attached hydrogens (tertiary/aromatic N) is 2. The molecule has 2 aliphatic rings. The fourth-order valence-corrected chi connectivity index (χ4v) is 4.00. The normalized spacial score (nSPS) is 32.5. The van der Waals surface area contributed by atoms with Gasteiger partial charge in [0, 0.05) is 32.0 Å². The van der Waals surface area contributed by atoms with Crippen molar-refractivity contribution >= 4 is 5.78 Å². The smallest absolute Gasteiger partial charge is 0.137 e. The van der Waals surface area contributed by atoms with Gasteiger partial charge in [-0.1, -0.05) is 13.8 Å². The Morgan fingerprint density at radius 3 is 2.65 bits per heavy atom. The second-order valence-electron chi connectivity index (χ2n) is 7.58. The van der Waals surface area contributed by atoms with Crippen LogP contribution < -0.4 is 0 Å². The monoisotopic (exact) mass is 280 g/mol. The minimum atomic E-state index is 0.292. The average molecular weight is 280 g/mol. The zero-order valence-corrected chi connectivity index (χ0v) is 13.8. The lowest BCUT2D eigenvalue weighted by molar-refractivity contribution is -0.126. The third-order valence-corrected chi connectivity index (χ3v) is 5.34. The molecule has 2 rings (SSSR count). The predicted octanol–water partition coefficient (Wildman–Crippen LogP) is 2.51. The Morgan fingerprint density at radius 2 is 2.05 bits per heavy atom. The van der Waals surface area contributed by atoms with Crippen LogP contribution in [-0.4, -0.2) is 55.9 Å². The highest BCUT2D eigenvalue weighted by Gasteiger charge is 2.31. The summed E-state index contributed by atoms with van der Waals surface area (Å²) in [6.07, 6.45) is 4.36. The Bertz CT molecular complexity index is 329. The minimum absolute atomic E-state index is 0.292. The molecule has 0 amide bonds. The first kappa shape index (κ1) is 16.0. The molecule has 0 N–H and O–H groups in total. The van der Waals surface area contributed by atoms with E-state index in [1.54, 1.807) is 0 Å². The van der Waals surface area contributed by atoms with E-state index in [1.165, 1.54) is 19.5 Å². The number of ketones is 1. The maximum absolute atomic E-state index is 12.2. The van der Waals surface area contributed by atoms with Crippen LogP contribution in [0.1, 0.15) is 39.5 Å². The summed E-state index contributed by atoms with van der Waals surface area (Å²) in [5, 5.41) is 0. The fraction of sp³-hybridized carbons (Fsp3) is 0.941. The Kier molecular flexibility index (Phi) is 5.62. The van der Waals surface area contributed by atoms with Crippen LogP contribution in [0, 0.1) is 23.7 Å². The van der Waals surface area contributed by atoms with Crippen molar-refractivity contribution in [1.29, 1.82) is 0 Å². The van der Waals surface area contributed by atoms with E-state index in [0.717, 1.165) is 50.1 Å². The van der Waals surface area contributed by atoms with Gasteiger partial charge in [0.25, 0.3) is 0 Å². The number of rotatable bonds is 5. The summed E-state index contributed by atoms with van der Waals surface area (Å²) in [7, 11) is 4.41. The number of hydrogen-bond donors (Lipinski definition) is 0. The summed E-state index contributed by atoms with van der Waals surface area (Å²) >= 11 is 0. The number of likely N-dealkylation sites (tertiary alicyclic amines) is 1. The molecule has 0 bridgehead atoms. The molecular formula is C17H32N2O. The Morgan fingerprint density at radius 1 is 1.30 bits per heavy atom. The minimum Gasteiger partial charge on any atom is -0.306 e. The number of hydrogen-bond acceptors (Lipinski definition) is 3. The molecule has 1 heterocycles. The molecule has 1 saturated heterocycles. The first-order chi connectivity index (χ1) is 9.45. The SMILES string of the molecule is CC(C)C1CCC(=O)C(CN(C)CC2CCN(C)C2)C1. The van der Waals surface area contributed by atoms with Crippen LogP contribution >= 0.6 is 0 Å². The quantitative estimate of drug-likeness (QED) is 0.773. The third kappa shape index (κ3) is 4.29. The van der Waals surface area contributed by atoms with Crippen molar-refractivity contribution < 1.29 is 4.79 Å². The van der Waals surface area contributed by atoms with Crippen LogP contribution in [0.15, 0.2) is 0 Å². The van der Waals surface area contributed by atoms with E-state index in [2.05, 4.69) is 37.7 Å². The van der Waals surface area contributed by atoms with Gasteiger partial charge in [0.1, 0.15) is 5.78 Å². The van der Waals surface area contributed by atoms with E-state index < -0.39 is 0 Å². The number of Topliss-reactive ketones (excluding diaryl/α,β-unsaturated/α-hetero) is 1. The molecule has 0 spiro atoms. The van der Waals surface area contributed by atoms with E-state index in [0.29, 0.717) is 11.7 Å². The maximum atomic E-state index is 12.2. The molecule has 3 unspecified atom stereocenters. The van der Waals surface area contributed by atoms with Gasteiger partial charge in [-0.25, -0.2) is 0 Å². The van der Waals surface area contributed by atoms with E-state index in [9.17, 15) is 4.79 Å². The molecule has 0 radical (unpaired) electrons. The van der Waals surface area contributed by atoms with Gasteiger partial charge in [-0.05, 0) is 57.7 Å². The Balaban J connectivity index is 1.79. The second kappa shape index (κ2) is 7.04. The molecule has 0 aromatic rings. The molecule has 1 saturated carbocycles. The lowest BCUT2D eigenvalue weighted by Gasteiger charge is -2.33. The summed E-state index contributed by atoms with van der Waals surface area (Å²) in [6.45, 7) is 9.18. The van der Waals surface area contributed by atoms with Crippen molar-refractivity contribution in [1.82, 2.24) is 9.80 Å². The second-order valence-corrected chi connectivity index (χ2v) is 7.58. The molecule has 3 heteroatoms. The van der Waals surface area contributed by atoms with Gasteiger partial charge in [0.05, 0.1) is 0 Å². The van der Waals surface area contributed by atoms with Crippen molar-refractivity contribution in [3.8, 4) is 0 Å². The van der Waals surface area contributed by atoms with Gasteiger partial charge >= 0.3 is 0 Å². The molecule has 1 aliphatic heterocycles. The highest BCUT2D eigenvalue weighted by Crippen LogP contribution is 2.32. The van der Waals surface area contributed by atoms with Gasteiger partial charge in [-0.2, -0.15) is 0 Å². The van der Waals surface area contributed by atoms with Gasteiger partial charge in [-0.15, -0.1) is 0 Å². The van der Waals surface area contributed by atoms with Gasteiger partial charge in [0.2, 0.25) is 0 Å². The number of carbonyl (C=O) groups excluding carboxylic acids is 1. The van der Waals surface area contributed by atoms with Gasteiger partial charge in [0.15, 0.2) is 0 Å². The average Bonchev–Trinajstić information content (AvgIpc) is 2.77. The predicted molar refractivity (Wildman–Crippen MR) is 83.8 cm³/mol. The van der Waals surface area contributed by atoms with Crippen LogP contribution in [0.4, 0.5) is 0 Å². The van der Waals surface area contributed by atoms with Crippen LogP contribution in [-0.2, 0) is 4.79 Å². The van der Waals surface area contributed by atoms with Crippen molar-refractivity contribution in [2.75, 3.05) is 40.3 Å². The first-order valence-electron chi connectivity index (χ1n) is 8.35. The molecule has 116 valence electrons. The largest absolute Gasteiger partial charge is 0.306 e. The lowest BCUT2D eigenvalue weighted by Crippen LogP contribution is -2.38. The highest BCUT2D eigenvalue weighted by molar-refractivity contribution is 5.82. The molecule has 0 aromatic heterocycles. The van der Waals surface area contributed by atoms with Crippen LogP contribution in [0.5, 0.6) is 0 Å². The summed E-state index contributed by atoms with van der Waals surface area (Å²) in [4.78, 5) is 17.0. The van der Waals surface area contributed by atoms with Crippen molar-refractivity contribution in [2.45, 2.75) is 39.5 Å². The van der Waals surface area contributed by atoms with Crippen LogP contribution in [0.25, 0.3) is 0 Å². The van der Waals surface area contributed by atoms with E-state index >= 15 is 0 Å². The van der Waals surface area contributed by atoms with E-state index in [4.69, 9.17) is 0 Å². The molecule has 2 fully saturated rings. The molecule has 1 aliphatic carbocycles. The molecule has 3 atom stereocenters. The highest BCUT2D eigenvalue weighted by atomic mass is 16.1.